The molecule has 5 nitrogen and oxygen atoms in total. The Labute approximate surface area is 131 Å². The number of alkyl halides is 1. The van der Waals surface area contributed by atoms with Gasteiger partial charge in [-0.15, -0.1) is 11.6 Å². The molecule has 0 saturated heterocycles. The third-order valence-electron chi connectivity index (χ3n) is 2.68. The zero-order valence-electron chi connectivity index (χ0n) is 11.5. The molecule has 1 aromatic heterocycles. The molecule has 0 radical (unpaired) electrons. The van der Waals surface area contributed by atoms with E-state index in [2.05, 4.69) is 10.3 Å². The lowest BCUT2D eigenvalue weighted by Crippen LogP contribution is -2.10. The van der Waals surface area contributed by atoms with Crippen molar-refractivity contribution < 1.29 is 14.3 Å². The standard InChI is InChI=1S/C14H15ClN2O3S/c1-2-20-13(19)9-5-6-10-11(8-9)21-14(16-10)17-12(18)4-3-7-15/h5-6,8H,2-4,7H2,1H3,(H,16,17,18). The monoisotopic (exact) mass is 326 g/mol. The zero-order valence-corrected chi connectivity index (χ0v) is 13.1. The lowest BCUT2D eigenvalue weighted by Gasteiger charge is -2.00. The molecule has 0 aliphatic rings. The number of ether oxygens (including phenoxy) is 1. The Hall–Kier alpha value is -1.66. The van der Waals surface area contributed by atoms with E-state index in [0.29, 0.717) is 36.0 Å². The molecule has 0 fully saturated rings. The van der Waals surface area contributed by atoms with Gasteiger partial charge in [-0.3, -0.25) is 4.79 Å². The molecule has 7 heteroatoms. The van der Waals surface area contributed by atoms with Gasteiger partial charge >= 0.3 is 5.97 Å². The first-order valence-electron chi connectivity index (χ1n) is 6.57. The molecule has 112 valence electrons. The summed E-state index contributed by atoms with van der Waals surface area (Å²) in [5, 5.41) is 3.25. The van der Waals surface area contributed by atoms with Crippen molar-refractivity contribution in [1.29, 1.82) is 0 Å². The van der Waals surface area contributed by atoms with E-state index < -0.39 is 0 Å². The molecule has 1 N–H and O–H groups in total. The maximum absolute atomic E-state index is 11.7. The normalized spacial score (nSPS) is 10.6. The van der Waals surface area contributed by atoms with Gasteiger partial charge in [0, 0.05) is 12.3 Å². The Morgan fingerprint density at radius 2 is 2.24 bits per heavy atom. The van der Waals surface area contributed by atoms with E-state index in [9.17, 15) is 9.59 Å². The van der Waals surface area contributed by atoms with Gasteiger partial charge in [-0.25, -0.2) is 9.78 Å². The highest BCUT2D eigenvalue weighted by atomic mass is 35.5. The summed E-state index contributed by atoms with van der Waals surface area (Å²) in [6.07, 6.45) is 0.999. The van der Waals surface area contributed by atoms with Crippen molar-refractivity contribution in [2.75, 3.05) is 17.8 Å². The Bertz CT molecular complexity index is 657. The molecule has 0 unspecified atom stereocenters. The van der Waals surface area contributed by atoms with Crippen molar-refractivity contribution in [3.05, 3.63) is 23.8 Å². The van der Waals surface area contributed by atoms with Gasteiger partial charge in [-0.1, -0.05) is 11.3 Å². The molecule has 0 atom stereocenters. The molecular weight excluding hydrogens is 312 g/mol. The highest BCUT2D eigenvalue weighted by Crippen LogP contribution is 2.27. The predicted octanol–water partition coefficient (Wildman–Crippen LogP) is 3.43. The van der Waals surface area contributed by atoms with Crippen LogP contribution in [0, 0.1) is 0 Å². The lowest BCUT2D eigenvalue weighted by molar-refractivity contribution is -0.116. The molecule has 0 bridgehead atoms. The Morgan fingerprint density at radius 3 is 2.95 bits per heavy atom. The van der Waals surface area contributed by atoms with Crippen LogP contribution in [0.3, 0.4) is 0 Å². The van der Waals surface area contributed by atoms with Crippen LogP contribution in [-0.2, 0) is 9.53 Å². The number of carbonyl (C=O) groups is 2. The number of nitrogens with zero attached hydrogens (tertiary/aromatic N) is 1. The smallest absolute Gasteiger partial charge is 0.338 e. The number of hydrogen-bond donors (Lipinski definition) is 1. The topological polar surface area (TPSA) is 68.3 Å². The van der Waals surface area contributed by atoms with Gasteiger partial charge < -0.3 is 10.1 Å². The van der Waals surface area contributed by atoms with Crippen LogP contribution in [-0.4, -0.2) is 29.3 Å². The molecule has 2 aromatic rings. The molecule has 0 aliphatic carbocycles. The number of halogens is 1. The predicted molar refractivity (Wildman–Crippen MR) is 84.2 cm³/mol. The fourth-order valence-electron chi connectivity index (χ4n) is 1.73. The van der Waals surface area contributed by atoms with E-state index in [1.165, 1.54) is 11.3 Å². The number of fused-ring (bicyclic) bond motifs is 1. The summed E-state index contributed by atoms with van der Waals surface area (Å²) >= 11 is 6.87. The summed E-state index contributed by atoms with van der Waals surface area (Å²) in [5.74, 6) is -0.0169. The SMILES string of the molecule is CCOC(=O)c1ccc2nc(NC(=O)CCCCl)sc2c1. The largest absolute Gasteiger partial charge is 0.462 e. The number of aromatic nitrogens is 1. The first-order valence-corrected chi connectivity index (χ1v) is 7.92. The maximum Gasteiger partial charge on any atom is 0.338 e. The number of esters is 1. The molecule has 1 amide bonds. The fraction of sp³-hybridized carbons (Fsp3) is 0.357. The first kappa shape index (κ1) is 15.7. The van der Waals surface area contributed by atoms with E-state index >= 15 is 0 Å². The fourth-order valence-corrected chi connectivity index (χ4v) is 2.78. The van der Waals surface area contributed by atoms with Crippen molar-refractivity contribution in [2.24, 2.45) is 0 Å². The second-order valence-corrected chi connectivity index (χ2v) is 5.67. The van der Waals surface area contributed by atoms with Crippen LogP contribution >= 0.6 is 22.9 Å². The van der Waals surface area contributed by atoms with Gasteiger partial charge in [0.1, 0.15) is 0 Å². The number of carbonyl (C=O) groups excluding carboxylic acids is 2. The summed E-state index contributed by atoms with van der Waals surface area (Å²) < 4.78 is 5.78. The number of thiazole rings is 1. The molecular formula is C14H15ClN2O3S. The van der Waals surface area contributed by atoms with Crippen LogP contribution in [0.1, 0.15) is 30.1 Å². The minimum absolute atomic E-state index is 0.111. The van der Waals surface area contributed by atoms with Crippen LogP contribution in [0.25, 0.3) is 10.2 Å². The third-order valence-corrected chi connectivity index (χ3v) is 3.88. The van der Waals surface area contributed by atoms with Crippen molar-refractivity contribution in [1.82, 2.24) is 4.98 Å². The average Bonchev–Trinajstić information content (AvgIpc) is 2.86. The quantitative estimate of drug-likeness (QED) is 0.652. The molecule has 21 heavy (non-hydrogen) atoms. The summed E-state index contributed by atoms with van der Waals surface area (Å²) in [7, 11) is 0. The minimum atomic E-state index is -0.361. The van der Waals surface area contributed by atoms with Gasteiger partial charge in [0.25, 0.3) is 0 Å². The molecule has 2 rings (SSSR count). The molecule has 1 heterocycles. The Kier molecular flexibility index (Phi) is 5.52. The van der Waals surface area contributed by atoms with E-state index in [-0.39, 0.29) is 11.9 Å². The summed E-state index contributed by atoms with van der Waals surface area (Å²) in [6.45, 7) is 2.10. The van der Waals surface area contributed by atoms with Gasteiger partial charge in [0.2, 0.25) is 5.91 Å². The summed E-state index contributed by atoms with van der Waals surface area (Å²) in [6, 6.07) is 5.13. The summed E-state index contributed by atoms with van der Waals surface area (Å²) in [5.41, 5.74) is 1.22. The summed E-state index contributed by atoms with van der Waals surface area (Å²) in [4.78, 5) is 27.6. The molecule has 0 spiro atoms. The molecule has 0 aliphatic heterocycles. The van der Waals surface area contributed by atoms with Crippen LogP contribution in [0.2, 0.25) is 0 Å². The molecule has 0 saturated carbocycles. The number of anilines is 1. The van der Waals surface area contributed by atoms with Crippen LogP contribution < -0.4 is 5.32 Å². The van der Waals surface area contributed by atoms with Gasteiger partial charge in [-0.2, -0.15) is 0 Å². The third kappa shape index (κ3) is 4.15. The minimum Gasteiger partial charge on any atom is -0.462 e. The van der Waals surface area contributed by atoms with E-state index in [1.807, 2.05) is 0 Å². The molecule has 1 aromatic carbocycles. The van der Waals surface area contributed by atoms with Crippen molar-refractivity contribution in [3.63, 3.8) is 0 Å². The maximum atomic E-state index is 11.7. The van der Waals surface area contributed by atoms with Gasteiger partial charge in [-0.05, 0) is 31.5 Å². The van der Waals surface area contributed by atoms with Gasteiger partial charge in [0.05, 0.1) is 22.4 Å². The van der Waals surface area contributed by atoms with Crippen LogP contribution in [0.15, 0.2) is 18.2 Å². The highest BCUT2D eigenvalue weighted by molar-refractivity contribution is 7.22. The number of hydrogen-bond acceptors (Lipinski definition) is 5. The van der Waals surface area contributed by atoms with E-state index in [4.69, 9.17) is 16.3 Å². The van der Waals surface area contributed by atoms with Crippen molar-refractivity contribution >= 4 is 50.2 Å². The Balaban J connectivity index is 2.14. The second kappa shape index (κ2) is 7.38. The van der Waals surface area contributed by atoms with Crippen LogP contribution in [0.5, 0.6) is 0 Å². The Morgan fingerprint density at radius 1 is 1.43 bits per heavy atom. The van der Waals surface area contributed by atoms with Crippen molar-refractivity contribution in [2.45, 2.75) is 19.8 Å². The highest BCUT2D eigenvalue weighted by Gasteiger charge is 2.11. The van der Waals surface area contributed by atoms with Gasteiger partial charge in [0.15, 0.2) is 5.13 Å². The lowest BCUT2D eigenvalue weighted by atomic mass is 10.2. The number of nitrogens with one attached hydrogen (secondary N) is 1. The average molecular weight is 327 g/mol. The zero-order chi connectivity index (χ0) is 15.2. The van der Waals surface area contributed by atoms with Crippen LogP contribution in [0.4, 0.5) is 5.13 Å². The number of amides is 1. The van der Waals surface area contributed by atoms with Crippen molar-refractivity contribution in [3.8, 4) is 0 Å². The number of rotatable bonds is 6. The van der Waals surface area contributed by atoms with E-state index in [0.717, 1.165) is 10.2 Å². The van der Waals surface area contributed by atoms with E-state index in [1.54, 1.807) is 25.1 Å². The number of benzene rings is 1. The second-order valence-electron chi connectivity index (χ2n) is 4.26. The first-order chi connectivity index (χ1) is 10.1.